The zero-order valence-corrected chi connectivity index (χ0v) is 11.2. The molecule has 1 aliphatic rings. The predicted octanol–water partition coefficient (Wildman–Crippen LogP) is 2.25. The Kier molecular flexibility index (Phi) is 2.89. The summed E-state index contributed by atoms with van der Waals surface area (Å²) >= 11 is 0. The summed E-state index contributed by atoms with van der Waals surface area (Å²) in [5, 5.41) is 4.15. The molecular weight excluding hydrogens is 238 g/mol. The fourth-order valence-electron chi connectivity index (χ4n) is 2.74. The second-order valence-electron chi connectivity index (χ2n) is 5.02. The molecule has 1 fully saturated rings. The Balaban J connectivity index is 1.98. The van der Waals surface area contributed by atoms with E-state index < -0.39 is 0 Å². The lowest BCUT2D eigenvalue weighted by molar-refractivity contribution is 0.727. The molecule has 2 aromatic heterocycles. The number of hydrogen-bond donors (Lipinski definition) is 1. The van der Waals surface area contributed by atoms with Crippen molar-refractivity contribution in [3.05, 3.63) is 30.6 Å². The van der Waals surface area contributed by atoms with E-state index in [4.69, 9.17) is 5.73 Å². The van der Waals surface area contributed by atoms with Crippen LogP contribution in [0.1, 0.15) is 26.2 Å². The zero-order valence-electron chi connectivity index (χ0n) is 11.2. The zero-order chi connectivity index (χ0) is 13.4. The van der Waals surface area contributed by atoms with E-state index in [-0.39, 0.29) is 0 Å². The number of rotatable bonds is 3. The summed E-state index contributed by atoms with van der Waals surface area (Å²) in [5.41, 5.74) is 8.51. The van der Waals surface area contributed by atoms with Crippen LogP contribution in [0, 0.1) is 0 Å². The highest BCUT2D eigenvalue weighted by Crippen LogP contribution is 2.29. The molecule has 3 rings (SSSR count). The van der Waals surface area contributed by atoms with E-state index in [2.05, 4.69) is 28.5 Å². The first kappa shape index (κ1) is 12.0. The molecule has 1 unspecified atom stereocenters. The van der Waals surface area contributed by atoms with Gasteiger partial charge in [0.2, 0.25) is 0 Å². The van der Waals surface area contributed by atoms with Crippen LogP contribution in [-0.4, -0.2) is 27.2 Å². The van der Waals surface area contributed by atoms with Gasteiger partial charge in [0.1, 0.15) is 5.82 Å². The van der Waals surface area contributed by atoms with Crippen molar-refractivity contribution in [1.82, 2.24) is 14.6 Å². The van der Waals surface area contributed by atoms with Gasteiger partial charge in [0.15, 0.2) is 5.65 Å². The van der Waals surface area contributed by atoms with E-state index in [0.717, 1.165) is 30.9 Å². The fraction of sp³-hybridized carbons (Fsp3) is 0.429. The second-order valence-corrected chi connectivity index (χ2v) is 5.02. The maximum Gasteiger partial charge on any atom is 0.180 e. The normalized spacial score (nSPS) is 19.2. The average Bonchev–Trinajstić information content (AvgIpc) is 3.05. The Morgan fingerprint density at radius 2 is 2.42 bits per heavy atom. The first-order valence-corrected chi connectivity index (χ1v) is 6.75. The van der Waals surface area contributed by atoms with Crippen molar-refractivity contribution in [3.63, 3.8) is 0 Å². The van der Waals surface area contributed by atoms with E-state index >= 15 is 0 Å². The number of fused-ring (bicyclic) bond motifs is 1. The molecule has 2 aromatic rings. The predicted molar refractivity (Wildman–Crippen MR) is 77.2 cm³/mol. The highest BCUT2D eigenvalue weighted by atomic mass is 15.3. The molecule has 0 aliphatic carbocycles. The van der Waals surface area contributed by atoms with Gasteiger partial charge in [-0.1, -0.05) is 19.1 Å². The highest BCUT2D eigenvalue weighted by Gasteiger charge is 2.27. The van der Waals surface area contributed by atoms with Crippen LogP contribution in [0.3, 0.4) is 0 Å². The Morgan fingerprint density at radius 1 is 1.58 bits per heavy atom. The van der Waals surface area contributed by atoms with E-state index in [1.807, 2.05) is 12.3 Å². The van der Waals surface area contributed by atoms with Crippen LogP contribution in [0.25, 0.3) is 5.65 Å². The summed E-state index contributed by atoms with van der Waals surface area (Å²) in [6.07, 6.45) is 6.91. The smallest absolute Gasteiger partial charge is 0.180 e. The molecule has 19 heavy (non-hydrogen) atoms. The number of nitrogen functional groups attached to an aromatic ring is 1. The lowest BCUT2D eigenvalue weighted by atomic mass is 10.0. The van der Waals surface area contributed by atoms with Crippen LogP contribution in [0.2, 0.25) is 0 Å². The summed E-state index contributed by atoms with van der Waals surface area (Å²) in [6.45, 7) is 7.37. The number of aromatic nitrogens is 3. The number of anilines is 2. The highest BCUT2D eigenvalue weighted by molar-refractivity contribution is 5.65. The van der Waals surface area contributed by atoms with Gasteiger partial charge < -0.3 is 10.6 Å². The monoisotopic (exact) mass is 257 g/mol. The molecule has 0 aromatic carbocycles. The molecule has 1 aliphatic heterocycles. The molecular formula is C14H19N5. The van der Waals surface area contributed by atoms with E-state index in [0.29, 0.717) is 11.7 Å². The molecule has 0 amide bonds. The largest absolute Gasteiger partial charge is 0.394 e. The van der Waals surface area contributed by atoms with Gasteiger partial charge in [-0.25, -0.2) is 9.50 Å². The molecule has 0 radical (unpaired) electrons. The third kappa shape index (κ3) is 1.95. The minimum Gasteiger partial charge on any atom is -0.394 e. The Morgan fingerprint density at radius 3 is 3.21 bits per heavy atom. The van der Waals surface area contributed by atoms with Gasteiger partial charge in [-0.3, -0.25) is 0 Å². The fourth-order valence-corrected chi connectivity index (χ4v) is 2.74. The van der Waals surface area contributed by atoms with Crippen molar-refractivity contribution in [3.8, 4) is 0 Å². The van der Waals surface area contributed by atoms with E-state index in [1.54, 1.807) is 10.7 Å². The van der Waals surface area contributed by atoms with Gasteiger partial charge in [0.25, 0.3) is 0 Å². The quantitative estimate of drug-likeness (QED) is 0.857. The number of hydrogen-bond acceptors (Lipinski definition) is 4. The maximum atomic E-state index is 5.88. The van der Waals surface area contributed by atoms with E-state index in [9.17, 15) is 0 Å². The second kappa shape index (κ2) is 4.57. The van der Waals surface area contributed by atoms with Crippen molar-refractivity contribution in [1.29, 1.82) is 0 Å². The molecule has 3 heterocycles. The molecule has 0 spiro atoms. The third-order valence-electron chi connectivity index (χ3n) is 3.85. The molecule has 1 atom stereocenters. The van der Waals surface area contributed by atoms with Crippen LogP contribution in [0.4, 0.5) is 11.5 Å². The summed E-state index contributed by atoms with van der Waals surface area (Å²) in [6, 6.07) is 2.41. The Hall–Kier alpha value is -2.04. The van der Waals surface area contributed by atoms with Gasteiger partial charge in [0.05, 0.1) is 17.9 Å². The van der Waals surface area contributed by atoms with Crippen molar-refractivity contribution in [2.75, 3.05) is 17.2 Å². The van der Waals surface area contributed by atoms with Crippen molar-refractivity contribution in [2.45, 2.75) is 32.2 Å². The lowest BCUT2D eigenvalue weighted by Gasteiger charge is -2.27. The first-order chi connectivity index (χ1) is 9.20. The van der Waals surface area contributed by atoms with Gasteiger partial charge in [-0.2, -0.15) is 5.10 Å². The molecule has 100 valence electrons. The maximum absolute atomic E-state index is 5.88. The van der Waals surface area contributed by atoms with Gasteiger partial charge in [0, 0.05) is 12.7 Å². The van der Waals surface area contributed by atoms with Gasteiger partial charge >= 0.3 is 0 Å². The van der Waals surface area contributed by atoms with Crippen LogP contribution in [0.5, 0.6) is 0 Å². The van der Waals surface area contributed by atoms with Gasteiger partial charge in [-0.05, 0) is 25.3 Å². The summed E-state index contributed by atoms with van der Waals surface area (Å²) in [4.78, 5) is 6.98. The lowest BCUT2D eigenvalue weighted by Crippen LogP contribution is -2.31. The van der Waals surface area contributed by atoms with Crippen molar-refractivity contribution in [2.24, 2.45) is 0 Å². The van der Waals surface area contributed by atoms with Crippen LogP contribution in [-0.2, 0) is 0 Å². The Labute approximate surface area is 112 Å². The van der Waals surface area contributed by atoms with Crippen LogP contribution < -0.4 is 10.6 Å². The third-order valence-corrected chi connectivity index (χ3v) is 3.85. The van der Waals surface area contributed by atoms with Crippen molar-refractivity contribution >= 4 is 17.2 Å². The number of nitrogens with two attached hydrogens (primary N) is 1. The summed E-state index contributed by atoms with van der Waals surface area (Å²) < 4.78 is 1.71. The van der Waals surface area contributed by atoms with Crippen LogP contribution >= 0.6 is 0 Å². The average molecular weight is 257 g/mol. The van der Waals surface area contributed by atoms with Crippen LogP contribution in [0.15, 0.2) is 30.6 Å². The molecule has 0 bridgehead atoms. The summed E-state index contributed by atoms with van der Waals surface area (Å²) in [5.74, 6) is 0.969. The van der Waals surface area contributed by atoms with Gasteiger partial charge in [-0.15, -0.1) is 0 Å². The minimum absolute atomic E-state index is 0.407. The first-order valence-electron chi connectivity index (χ1n) is 6.75. The minimum atomic E-state index is 0.407. The SMILES string of the molecule is C=C(CC)C1CCCN1c1ccn2ncc(N)c2n1. The standard InChI is InChI=1S/C14H19N5/c1-3-10(2)12-5-4-7-18(12)13-6-8-19-14(17-13)11(15)9-16-19/h6,8-9,12H,2-5,7,15H2,1H3. The molecule has 5 nitrogen and oxygen atoms in total. The number of nitrogens with zero attached hydrogens (tertiary/aromatic N) is 4. The summed E-state index contributed by atoms with van der Waals surface area (Å²) in [7, 11) is 0. The van der Waals surface area contributed by atoms with E-state index in [1.165, 1.54) is 12.0 Å². The molecule has 5 heteroatoms. The molecule has 0 saturated carbocycles. The molecule has 1 saturated heterocycles. The Bertz CT molecular complexity index is 615. The topological polar surface area (TPSA) is 59.5 Å². The van der Waals surface area contributed by atoms with Crippen molar-refractivity contribution < 1.29 is 0 Å². The molecule has 2 N–H and O–H groups in total.